The number of aryl methyl sites for hydroxylation is 2. The molecular weight excluding hydrogens is 392 g/mol. The van der Waals surface area contributed by atoms with E-state index in [1.165, 1.54) is 20.4 Å². The Morgan fingerprint density at radius 2 is 1.96 bits per heavy atom. The second-order valence-electron chi connectivity index (χ2n) is 5.95. The predicted molar refractivity (Wildman–Crippen MR) is 99.7 cm³/mol. The SMILES string of the molecule is COc1ccnc(C[S+]([O-])c2nc3c(C)c(OC(F)F)c(C)cc3[nH]2)c1OC. The van der Waals surface area contributed by atoms with Gasteiger partial charge in [-0.2, -0.15) is 13.8 Å². The van der Waals surface area contributed by atoms with Crippen LogP contribution in [-0.2, 0) is 16.9 Å². The average Bonchev–Trinajstić information content (AvgIpc) is 3.09. The Hall–Kier alpha value is -2.59. The number of nitrogens with zero attached hydrogens (tertiary/aromatic N) is 2. The number of ether oxygens (including phenoxy) is 3. The fourth-order valence-corrected chi connectivity index (χ4v) is 3.97. The van der Waals surface area contributed by atoms with Crippen LogP contribution < -0.4 is 14.2 Å². The molecule has 0 radical (unpaired) electrons. The molecule has 0 amide bonds. The van der Waals surface area contributed by atoms with Gasteiger partial charge in [0.1, 0.15) is 17.0 Å². The molecule has 7 nitrogen and oxygen atoms in total. The molecule has 2 aromatic heterocycles. The van der Waals surface area contributed by atoms with Crippen molar-refractivity contribution in [3.8, 4) is 17.2 Å². The molecule has 28 heavy (non-hydrogen) atoms. The summed E-state index contributed by atoms with van der Waals surface area (Å²) in [6, 6.07) is 3.28. The highest BCUT2D eigenvalue weighted by Gasteiger charge is 2.24. The number of methoxy groups -OCH3 is 2. The van der Waals surface area contributed by atoms with E-state index in [9.17, 15) is 13.3 Å². The second-order valence-corrected chi connectivity index (χ2v) is 7.31. The van der Waals surface area contributed by atoms with Crippen LogP contribution in [0.1, 0.15) is 16.8 Å². The molecule has 3 aromatic rings. The van der Waals surface area contributed by atoms with Crippen molar-refractivity contribution < 1.29 is 27.5 Å². The minimum atomic E-state index is -2.94. The summed E-state index contributed by atoms with van der Waals surface area (Å²) in [5.41, 5.74) is 2.45. The average molecular weight is 411 g/mol. The number of pyridine rings is 1. The number of rotatable bonds is 7. The lowest BCUT2D eigenvalue weighted by molar-refractivity contribution is -0.0506. The maximum Gasteiger partial charge on any atom is 0.387 e. The number of aromatic nitrogens is 3. The van der Waals surface area contributed by atoms with Crippen LogP contribution >= 0.6 is 0 Å². The van der Waals surface area contributed by atoms with Gasteiger partial charge in [-0.15, -0.1) is 0 Å². The number of aromatic amines is 1. The van der Waals surface area contributed by atoms with E-state index in [4.69, 9.17) is 9.47 Å². The van der Waals surface area contributed by atoms with Gasteiger partial charge in [-0.25, -0.2) is 0 Å². The monoisotopic (exact) mass is 411 g/mol. The summed E-state index contributed by atoms with van der Waals surface area (Å²) in [6.07, 6.45) is 1.54. The molecule has 1 N–H and O–H groups in total. The van der Waals surface area contributed by atoms with Crippen molar-refractivity contribution in [1.29, 1.82) is 0 Å². The Morgan fingerprint density at radius 3 is 2.61 bits per heavy atom. The van der Waals surface area contributed by atoms with Gasteiger partial charge in [0.25, 0.3) is 0 Å². The van der Waals surface area contributed by atoms with E-state index in [1.54, 1.807) is 26.0 Å². The topological polar surface area (TPSA) is 92.3 Å². The minimum Gasteiger partial charge on any atom is -0.609 e. The van der Waals surface area contributed by atoms with E-state index in [-0.39, 0.29) is 16.7 Å². The highest BCUT2D eigenvalue weighted by molar-refractivity contribution is 7.90. The summed E-state index contributed by atoms with van der Waals surface area (Å²) < 4.78 is 53.3. The van der Waals surface area contributed by atoms with E-state index >= 15 is 0 Å². The second kappa shape index (κ2) is 8.19. The fraction of sp³-hybridized carbons (Fsp3) is 0.333. The fourth-order valence-electron chi connectivity index (χ4n) is 2.96. The van der Waals surface area contributed by atoms with Crippen LogP contribution in [-0.4, -0.2) is 40.3 Å². The molecule has 2 heterocycles. The first-order valence-electron chi connectivity index (χ1n) is 8.24. The quantitative estimate of drug-likeness (QED) is 0.598. The molecule has 0 saturated carbocycles. The van der Waals surface area contributed by atoms with Crippen LogP contribution in [0.25, 0.3) is 11.0 Å². The van der Waals surface area contributed by atoms with Gasteiger partial charge in [-0.05, 0) is 25.5 Å². The molecule has 1 atom stereocenters. The van der Waals surface area contributed by atoms with Crippen molar-refractivity contribution in [2.75, 3.05) is 14.2 Å². The molecule has 3 rings (SSSR count). The van der Waals surface area contributed by atoms with E-state index < -0.39 is 17.8 Å². The number of alkyl halides is 2. The van der Waals surface area contributed by atoms with Gasteiger partial charge in [-0.1, -0.05) is 0 Å². The zero-order chi connectivity index (χ0) is 20.4. The first kappa shape index (κ1) is 20.2. The lowest BCUT2D eigenvalue weighted by Gasteiger charge is -2.12. The normalized spacial score (nSPS) is 12.4. The summed E-state index contributed by atoms with van der Waals surface area (Å²) in [5.74, 6) is 0.990. The summed E-state index contributed by atoms with van der Waals surface area (Å²) in [7, 11) is 2.98. The standard InChI is InChI=1S/C18H19F2N3O4S/c1-9-7-11-14(10(2)15(9)27-17(19)20)23-18(22-11)28(24)8-12-16(26-4)13(25-3)5-6-21-12/h5-7,17H,8H2,1-4H3,(H,22,23). The number of imidazole rings is 1. The van der Waals surface area contributed by atoms with Gasteiger partial charge in [0.2, 0.25) is 0 Å². The van der Waals surface area contributed by atoms with Crippen LogP contribution in [0.2, 0.25) is 0 Å². The van der Waals surface area contributed by atoms with Crippen LogP contribution in [0, 0.1) is 13.8 Å². The third kappa shape index (κ3) is 3.83. The molecule has 1 aromatic carbocycles. The molecule has 0 aliphatic rings. The molecule has 0 aliphatic heterocycles. The van der Waals surface area contributed by atoms with Gasteiger partial charge >= 0.3 is 11.8 Å². The molecule has 0 fully saturated rings. The van der Waals surface area contributed by atoms with Gasteiger partial charge in [-0.3, -0.25) is 9.97 Å². The van der Waals surface area contributed by atoms with Crippen molar-refractivity contribution in [3.05, 3.63) is 35.2 Å². The Kier molecular flexibility index (Phi) is 5.90. The van der Waals surface area contributed by atoms with Crippen molar-refractivity contribution in [1.82, 2.24) is 15.0 Å². The molecular formula is C18H19F2N3O4S. The highest BCUT2D eigenvalue weighted by atomic mass is 32.2. The van der Waals surface area contributed by atoms with E-state index in [2.05, 4.69) is 19.7 Å². The summed E-state index contributed by atoms with van der Waals surface area (Å²) in [6.45, 7) is 0.355. The number of hydrogen-bond acceptors (Lipinski definition) is 6. The van der Waals surface area contributed by atoms with E-state index in [0.29, 0.717) is 39.4 Å². The van der Waals surface area contributed by atoms with Crippen molar-refractivity contribution in [3.63, 3.8) is 0 Å². The Balaban J connectivity index is 1.95. The lowest BCUT2D eigenvalue weighted by Crippen LogP contribution is -2.10. The maximum absolute atomic E-state index is 12.8. The number of halogens is 2. The van der Waals surface area contributed by atoms with Gasteiger partial charge in [0, 0.05) is 29.0 Å². The Morgan fingerprint density at radius 1 is 1.21 bits per heavy atom. The van der Waals surface area contributed by atoms with Crippen molar-refractivity contribution >= 4 is 22.2 Å². The number of H-pyrrole nitrogens is 1. The third-order valence-corrected chi connectivity index (χ3v) is 5.34. The molecule has 10 heteroatoms. The highest BCUT2D eigenvalue weighted by Crippen LogP contribution is 2.34. The van der Waals surface area contributed by atoms with Crippen molar-refractivity contribution in [2.24, 2.45) is 0 Å². The molecule has 0 bridgehead atoms. The third-order valence-electron chi connectivity index (χ3n) is 4.18. The van der Waals surface area contributed by atoms with Crippen LogP contribution in [0.5, 0.6) is 17.2 Å². The molecule has 0 aliphatic carbocycles. The summed E-state index contributed by atoms with van der Waals surface area (Å²) >= 11 is -1.58. The minimum absolute atomic E-state index is 0.0403. The van der Waals surface area contributed by atoms with Gasteiger partial charge in [0.15, 0.2) is 17.3 Å². The van der Waals surface area contributed by atoms with E-state index in [1.807, 2.05) is 0 Å². The summed E-state index contributed by atoms with van der Waals surface area (Å²) in [5, 5.41) is 0.207. The zero-order valence-corrected chi connectivity index (χ0v) is 16.5. The number of hydrogen-bond donors (Lipinski definition) is 1. The number of nitrogens with one attached hydrogen (secondary N) is 1. The maximum atomic E-state index is 12.8. The lowest BCUT2D eigenvalue weighted by atomic mass is 10.1. The van der Waals surface area contributed by atoms with Crippen LogP contribution in [0.3, 0.4) is 0 Å². The number of fused-ring (bicyclic) bond motifs is 1. The Bertz CT molecular complexity index is 997. The van der Waals surface area contributed by atoms with Gasteiger partial charge in [0.05, 0.1) is 19.7 Å². The van der Waals surface area contributed by atoms with E-state index in [0.717, 1.165) is 0 Å². The Labute approximate surface area is 163 Å². The summed E-state index contributed by atoms with van der Waals surface area (Å²) in [4.78, 5) is 11.5. The first-order valence-corrected chi connectivity index (χ1v) is 9.56. The first-order chi connectivity index (χ1) is 13.3. The number of benzene rings is 1. The zero-order valence-electron chi connectivity index (χ0n) is 15.7. The van der Waals surface area contributed by atoms with Crippen molar-refractivity contribution in [2.45, 2.75) is 31.4 Å². The molecule has 0 saturated heterocycles. The molecule has 150 valence electrons. The molecule has 0 spiro atoms. The van der Waals surface area contributed by atoms with Gasteiger partial charge < -0.3 is 18.8 Å². The van der Waals surface area contributed by atoms with Crippen LogP contribution in [0.15, 0.2) is 23.5 Å². The predicted octanol–water partition coefficient (Wildman–Crippen LogP) is 3.50. The molecule has 1 unspecified atom stereocenters. The van der Waals surface area contributed by atoms with Crippen LogP contribution in [0.4, 0.5) is 8.78 Å². The largest absolute Gasteiger partial charge is 0.609 e. The smallest absolute Gasteiger partial charge is 0.387 e.